The second kappa shape index (κ2) is 7.73. The summed E-state index contributed by atoms with van der Waals surface area (Å²) in [5.74, 6) is -0.232. The lowest BCUT2D eigenvalue weighted by Crippen LogP contribution is -2.47. The van der Waals surface area contributed by atoms with Gasteiger partial charge in [0.2, 0.25) is 5.91 Å². The first-order chi connectivity index (χ1) is 9.45. The van der Waals surface area contributed by atoms with Crippen molar-refractivity contribution in [1.29, 1.82) is 0 Å². The average Bonchev–Trinajstić information content (AvgIpc) is 2.38. The van der Waals surface area contributed by atoms with E-state index in [4.69, 9.17) is 10.5 Å². The van der Waals surface area contributed by atoms with E-state index >= 15 is 0 Å². The van der Waals surface area contributed by atoms with E-state index in [1.165, 1.54) is 12.1 Å². The van der Waals surface area contributed by atoms with Crippen molar-refractivity contribution in [3.05, 3.63) is 35.6 Å². The predicted molar refractivity (Wildman–Crippen MR) is 81.8 cm³/mol. The van der Waals surface area contributed by atoms with E-state index in [1.54, 1.807) is 17.0 Å². The zero-order valence-electron chi connectivity index (χ0n) is 12.3. The van der Waals surface area contributed by atoms with E-state index in [9.17, 15) is 9.18 Å². The monoisotopic (exact) mass is 316 g/mol. The number of carbonyl (C=O) groups is 1. The fourth-order valence-electron chi connectivity index (χ4n) is 2.42. The number of amides is 1. The molecule has 3 atom stereocenters. The van der Waals surface area contributed by atoms with Crippen LogP contribution in [0.1, 0.15) is 31.9 Å². The number of halogens is 2. The Morgan fingerprint density at radius 3 is 2.62 bits per heavy atom. The highest BCUT2D eigenvalue weighted by Crippen LogP contribution is 2.25. The summed E-state index contributed by atoms with van der Waals surface area (Å²) in [5.41, 5.74) is 6.56. The second-order valence-corrected chi connectivity index (χ2v) is 5.47. The van der Waals surface area contributed by atoms with Crippen LogP contribution in [0.3, 0.4) is 0 Å². The summed E-state index contributed by atoms with van der Waals surface area (Å²) >= 11 is 0. The van der Waals surface area contributed by atoms with Gasteiger partial charge in [-0.3, -0.25) is 4.79 Å². The standard InChI is InChI=1S/C15H21FN2O2.ClH/c1-10(17)7-15(19)18-8-11(2)20-14(9-18)12-3-5-13(16)6-4-12;/h3-6,10-11,14H,7-9,17H2,1-2H3;1H. The van der Waals surface area contributed by atoms with Crippen molar-refractivity contribution >= 4 is 18.3 Å². The maximum absolute atomic E-state index is 13.0. The zero-order valence-corrected chi connectivity index (χ0v) is 13.1. The van der Waals surface area contributed by atoms with Gasteiger partial charge in [0.25, 0.3) is 0 Å². The van der Waals surface area contributed by atoms with Crippen molar-refractivity contribution in [3.63, 3.8) is 0 Å². The maximum atomic E-state index is 13.0. The van der Waals surface area contributed by atoms with Gasteiger partial charge in [0.15, 0.2) is 0 Å². The molecule has 1 aliphatic rings. The minimum atomic E-state index is -0.275. The Labute approximate surface area is 130 Å². The van der Waals surface area contributed by atoms with Crippen LogP contribution in [0.15, 0.2) is 24.3 Å². The van der Waals surface area contributed by atoms with Crippen molar-refractivity contribution in [2.75, 3.05) is 13.1 Å². The number of carbonyl (C=O) groups excluding carboxylic acids is 1. The van der Waals surface area contributed by atoms with Crippen molar-refractivity contribution in [1.82, 2.24) is 4.90 Å². The first-order valence-corrected chi connectivity index (χ1v) is 6.90. The number of hydrogen-bond donors (Lipinski definition) is 1. The highest BCUT2D eigenvalue weighted by Gasteiger charge is 2.29. The van der Waals surface area contributed by atoms with Gasteiger partial charge < -0.3 is 15.4 Å². The lowest BCUT2D eigenvalue weighted by Gasteiger charge is -2.37. The molecule has 2 N–H and O–H groups in total. The van der Waals surface area contributed by atoms with Crippen molar-refractivity contribution in [2.24, 2.45) is 5.73 Å². The van der Waals surface area contributed by atoms with Crippen LogP contribution >= 0.6 is 12.4 Å². The second-order valence-electron chi connectivity index (χ2n) is 5.47. The number of morpholine rings is 1. The molecule has 6 heteroatoms. The fraction of sp³-hybridized carbons (Fsp3) is 0.533. The van der Waals surface area contributed by atoms with Gasteiger partial charge in [-0.1, -0.05) is 12.1 Å². The van der Waals surface area contributed by atoms with Gasteiger partial charge >= 0.3 is 0 Å². The number of rotatable bonds is 3. The topological polar surface area (TPSA) is 55.6 Å². The molecule has 0 bridgehead atoms. The Balaban J connectivity index is 0.00000220. The molecule has 1 fully saturated rings. The zero-order chi connectivity index (χ0) is 14.7. The molecule has 1 amide bonds. The quantitative estimate of drug-likeness (QED) is 0.930. The number of nitrogens with two attached hydrogens (primary N) is 1. The summed E-state index contributed by atoms with van der Waals surface area (Å²) < 4.78 is 18.8. The molecule has 0 aliphatic carbocycles. The lowest BCUT2D eigenvalue weighted by molar-refractivity contribution is -0.145. The first kappa shape index (κ1) is 17.9. The molecule has 4 nitrogen and oxygen atoms in total. The first-order valence-electron chi connectivity index (χ1n) is 6.90. The van der Waals surface area contributed by atoms with E-state index in [1.807, 2.05) is 13.8 Å². The highest BCUT2D eigenvalue weighted by molar-refractivity contribution is 5.85. The van der Waals surface area contributed by atoms with E-state index in [0.29, 0.717) is 19.5 Å². The number of nitrogens with zero attached hydrogens (tertiary/aromatic N) is 1. The SMILES string of the molecule is CC(N)CC(=O)N1CC(C)OC(c2ccc(F)cc2)C1.Cl. The van der Waals surface area contributed by atoms with Crippen molar-refractivity contribution in [2.45, 2.75) is 38.5 Å². The van der Waals surface area contributed by atoms with Crippen LogP contribution in [0.2, 0.25) is 0 Å². The lowest BCUT2D eigenvalue weighted by atomic mass is 10.1. The number of ether oxygens (including phenoxy) is 1. The van der Waals surface area contributed by atoms with Gasteiger partial charge in [-0.25, -0.2) is 4.39 Å². The summed E-state index contributed by atoms with van der Waals surface area (Å²) in [6, 6.07) is 6.07. The van der Waals surface area contributed by atoms with Gasteiger partial charge in [-0.05, 0) is 31.5 Å². The minimum Gasteiger partial charge on any atom is -0.367 e. The fourth-order valence-corrected chi connectivity index (χ4v) is 2.42. The predicted octanol–water partition coefficient (Wildman–Crippen LogP) is 2.27. The molecular formula is C15H22ClFN2O2. The van der Waals surface area contributed by atoms with Crippen LogP contribution in [0, 0.1) is 5.82 Å². The van der Waals surface area contributed by atoms with Gasteiger partial charge in [-0.2, -0.15) is 0 Å². The third-order valence-electron chi connectivity index (χ3n) is 3.35. The van der Waals surface area contributed by atoms with Crippen LogP contribution in [0.4, 0.5) is 4.39 Å². The number of hydrogen-bond acceptors (Lipinski definition) is 3. The normalized spacial score (nSPS) is 23.3. The van der Waals surface area contributed by atoms with E-state index in [2.05, 4.69) is 0 Å². The molecule has 1 saturated heterocycles. The molecule has 118 valence electrons. The Hall–Kier alpha value is -1.17. The third-order valence-corrected chi connectivity index (χ3v) is 3.35. The van der Waals surface area contributed by atoms with Crippen LogP contribution < -0.4 is 5.73 Å². The summed E-state index contributed by atoms with van der Waals surface area (Å²) in [6.45, 7) is 4.81. The molecule has 3 unspecified atom stereocenters. The van der Waals surface area contributed by atoms with E-state index in [-0.39, 0.29) is 42.4 Å². The summed E-state index contributed by atoms with van der Waals surface area (Å²) in [6.07, 6.45) is 0.0790. The smallest absolute Gasteiger partial charge is 0.224 e. The molecular weight excluding hydrogens is 295 g/mol. The van der Waals surface area contributed by atoms with Gasteiger partial charge in [0.05, 0.1) is 12.6 Å². The molecule has 0 aromatic heterocycles. The summed E-state index contributed by atoms with van der Waals surface area (Å²) in [4.78, 5) is 13.9. The van der Waals surface area contributed by atoms with Crippen molar-refractivity contribution in [3.8, 4) is 0 Å². The number of benzene rings is 1. The highest BCUT2D eigenvalue weighted by atomic mass is 35.5. The minimum absolute atomic E-state index is 0. The molecule has 2 rings (SSSR count). The van der Waals surface area contributed by atoms with Crippen LogP contribution in [0.5, 0.6) is 0 Å². The molecule has 1 heterocycles. The van der Waals surface area contributed by atoms with Gasteiger partial charge in [0.1, 0.15) is 11.9 Å². The molecule has 0 spiro atoms. The molecule has 1 aromatic rings. The van der Waals surface area contributed by atoms with Gasteiger partial charge in [0, 0.05) is 19.0 Å². The van der Waals surface area contributed by atoms with Gasteiger partial charge in [-0.15, -0.1) is 12.4 Å². The maximum Gasteiger partial charge on any atom is 0.224 e. The molecule has 0 saturated carbocycles. The van der Waals surface area contributed by atoms with E-state index in [0.717, 1.165) is 5.56 Å². The van der Waals surface area contributed by atoms with Crippen LogP contribution in [-0.2, 0) is 9.53 Å². The molecule has 1 aromatic carbocycles. The molecule has 0 radical (unpaired) electrons. The van der Waals surface area contributed by atoms with Crippen LogP contribution in [0.25, 0.3) is 0 Å². The van der Waals surface area contributed by atoms with Crippen molar-refractivity contribution < 1.29 is 13.9 Å². The Morgan fingerprint density at radius 2 is 2.05 bits per heavy atom. The van der Waals surface area contributed by atoms with Crippen LogP contribution in [-0.4, -0.2) is 36.0 Å². The molecule has 21 heavy (non-hydrogen) atoms. The van der Waals surface area contributed by atoms with E-state index < -0.39 is 0 Å². The Kier molecular flexibility index (Phi) is 6.58. The average molecular weight is 317 g/mol. The summed E-state index contributed by atoms with van der Waals surface area (Å²) in [7, 11) is 0. The summed E-state index contributed by atoms with van der Waals surface area (Å²) in [5, 5.41) is 0. The Morgan fingerprint density at radius 1 is 1.43 bits per heavy atom. The third kappa shape index (κ3) is 4.95. The Bertz CT molecular complexity index is 467. The largest absolute Gasteiger partial charge is 0.367 e. The molecule has 1 aliphatic heterocycles.